The summed E-state index contributed by atoms with van der Waals surface area (Å²) < 4.78 is 40.6. The lowest BCUT2D eigenvalue weighted by atomic mass is 10.1. The highest BCUT2D eigenvalue weighted by Gasteiger charge is 2.21. The molecule has 0 spiro atoms. The van der Waals surface area contributed by atoms with Gasteiger partial charge in [0, 0.05) is 23.0 Å². The molecule has 1 aromatic heterocycles. The Morgan fingerprint density at radius 1 is 1.33 bits per heavy atom. The Hall–Kier alpha value is -2.09. The van der Waals surface area contributed by atoms with Crippen LogP contribution in [0.2, 0.25) is 0 Å². The van der Waals surface area contributed by atoms with Gasteiger partial charge >= 0.3 is 0 Å². The molecule has 1 aromatic carbocycles. The number of rotatable bonds is 4. The minimum Gasteiger partial charge on any atom is -0.399 e. The number of nitrogens with two attached hydrogens (primary N) is 1. The zero-order chi connectivity index (χ0) is 15.8. The molecule has 6 nitrogen and oxygen atoms in total. The van der Waals surface area contributed by atoms with Crippen LogP contribution in [0.15, 0.2) is 23.1 Å². The first kappa shape index (κ1) is 15.3. The molecule has 0 unspecified atom stereocenters. The maximum Gasteiger partial charge on any atom is 0.263 e. The standard InChI is InChI=1S/C13H17FN4O2S/c1-7(2)11-6-13(17-16-11)18-21(19,20)12-5-9(15)4-10(14)8(12)3/h4-7H,15H2,1-3H3,(H2,16,17,18). The molecule has 8 heteroatoms. The summed E-state index contributed by atoms with van der Waals surface area (Å²) >= 11 is 0. The van der Waals surface area contributed by atoms with Crippen LogP contribution in [0.5, 0.6) is 0 Å². The minimum atomic E-state index is -3.95. The third kappa shape index (κ3) is 3.15. The lowest BCUT2D eigenvalue weighted by Gasteiger charge is -2.10. The van der Waals surface area contributed by atoms with E-state index in [1.165, 1.54) is 13.0 Å². The van der Waals surface area contributed by atoms with Crippen molar-refractivity contribution in [2.24, 2.45) is 0 Å². The van der Waals surface area contributed by atoms with Gasteiger partial charge in [-0.05, 0) is 25.0 Å². The second-order valence-electron chi connectivity index (χ2n) is 5.09. The average Bonchev–Trinajstić information content (AvgIpc) is 2.81. The normalized spacial score (nSPS) is 11.9. The number of benzene rings is 1. The fourth-order valence-electron chi connectivity index (χ4n) is 1.83. The highest BCUT2D eigenvalue weighted by molar-refractivity contribution is 7.92. The van der Waals surface area contributed by atoms with Crippen LogP contribution in [0.25, 0.3) is 0 Å². The third-order valence-electron chi connectivity index (χ3n) is 3.07. The van der Waals surface area contributed by atoms with E-state index in [0.29, 0.717) is 0 Å². The number of nitrogens with one attached hydrogen (secondary N) is 2. The van der Waals surface area contributed by atoms with Gasteiger partial charge in [0.15, 0.2) is 5.82 Å². The van der Waals surface area contributed by atoms with E-state index >= 15 is 0 Å². The molecule has 1 heterocycles. The molecule has 21 heavy (non-hydrogen) atoms. The Labute approximate surface area is 122 Å². The molecule has 0 aliphatic carbocycles. The number of hydrogen-bond acceptors (Lipinski definition) is 4. The molecule has 0 amide bonds. The van der Waals surface area contributed by atoms with Crippen LogP contribution in [-0.4, -0.2) is 18.6 Å². The molecule has 114 valence electrons. The van der Waals surface area contributed by atoms with Crippen LogP contribution in [0.4, 0.5) is 15.9 Å². The number of nitrogen functional groups attached to an aromatic ring is 1. The molecule has 0 atom stereocenters. The van der Waals surface area contributed by atoms with E-state index in [4.69, 9.17) is 5.73 Å². The summed E-state index contributed by atoms with van der Waals surface area (Å²) in [6.45, 7) is 5.28. The van der Waals surface area contributed by atoms with Crippen LogP contribution in [-0.2, 0) is 10.0 Å². The lowest BCUT2D eigenvalue weighted by Crippen LogP contribution is -2.15. The molecule has 0 saturated carbocycles. The molecular weight excluding hydrogens is 295 g/mol. The fraction of sp³-hybridized carbons (Fsp3) is 0.308. The second-order valence-corrected chi connectivity index (χ2v) is 6.75. The summed E-state index contributed by atoms with van der Waals surface area (Å²) in [5.41, 5.74) is 6.36. The summed E-state index contributed by atoms with van der Waals surface area (Å²) in [6, 6.07) is 3.90. The summed E-state index contributed by atoms with van der Waals surface area (Å²) in [5.74, 6) is -0.330. The van der Waals surface area contributed by atoms with E-state index in [9.17, 15) is 12.8 Å². The molecule has 0 aliphatic heterocycles. The molecule has 2 aromatic rings. The topological polar surface area (TPSA) is 101 Å². The van der Waals surface area contributed by atoms with Crippen molar-refractivity contribution in [3.8, 4) is 0 Å². The van der Waals surface area contributed by atoms with Gasteiger partial charge in [0.2, 0.25) is 0 Å². The molecule has 0 radical (unpaired) electrons. The van der Waals surface area contributed by atoms with Gasteiger partial charge in [-0.15, -0.1) is 0 Å². The number of anilines is 2. The van der Waals surface area contributed by atoms with E-state index in [1.807, 2.05) is 13.8 Å². The predicted octanol–water partition coefficient (Wildman–Crippen LogP) is 2.36. The Bertz CT molecular complexity index is 768. The number of hydrogen-bond donors (Lipinski definition) is 3. The van der Waals surface area contributed by atoms with Gasteiger partial charge in [0.05, 0.1) is 4.90 Å². The first-order chi connectivity index (χ1) is 9.70. The molecule has 0 fully saturated rings. The smallest absolute Gasteiger partial charge is 0.263 e. The first-order valence-corrected chi connectivity index (χ1v) is 7.83. The van der Waals surface area contributed by atoms with Crippen molar-refractivity contribution in [1.82, 2.24) is 10.2 Å². The Morgan fingerprint density at radius 2 is 2.00 bits per heavy atom. The van der Waals surface area contributed by atoms with Crippen LogP contribution < -0.4 is 10.5 Å². The molecule has 0 bridgehead atoms. The predicted molar refractivity (Wildman–Crippen MR) is 79.0 cm³/mol. The third-order valence-corrected chi connectivity index (χ3v) is 4.55. The number of nitrogens with zero attached hydrogens (tertiary/aromatic N) is 1. The highest BCUT2D eigenvalue weighted by atomic mass is 32.2. The van der Waals surface area contributed by atoms with Crippen LogP contribution in [0, 0.1) is 12.7 Å². The molecule has 0 saturated heterocycles. The van der Waals surface area contributed by atoms with Crippen LogP contribution in [0.3, 0.4) is 0 Å². The van der Waals surface area contributed by atoms with Crippen molar-refractivity contribution in [3.05, 3.63) is 35.3 Å². The second kappa shape index (κ2) is 5.36. The zero-order valence-corrected chi connectivity index (χ0v) is 12.8. The van der Waals surface area contributed by atoms with Crippen molar-refractivity contribution in [1.29, 1.82) is 0 Å². The Morgan fingerprint density at radius 3 is 2.57 bits per heavy atom. The van der Waals surface area contributed by atoms with Crippen molar-refractivity contribution < 1.29 is 12.8 Å². The quantitative estimate of drug-likeness (QED) is 0.754. The van der Waals surface area contributed by atoms with Gasteiger partial charge in [-0.2, -0.15) is 5.10 Å². The van der Waals surface area contributed by atoms with E-state index in [-0.39, 0.29) is 27.9 Å². The van der Waals surface area contributed by atoms with E-state index in [2.05, 4.69) is 14.9 Å². The number of halogens is 1. The first-order valence-electron chi connectivity index (χ1n) is 6.34. The monoisotopic (exact) mass is 312 g/mol. The zero-order valence-electron chi connectivity index (χ0n) is 11.9. The van der Waals surface area contributed by atoms with Crippen molar-refractivity contribution in [2.45, 2.75) is 31.6 Å². The van der Waals surface area contributed by atoms with Crippen molar-refractivity contribution in [2.75, 3.05) is 10.5 Å². The summed E-state index contributed by atoms with van der Waals surface area (Å²) in [5, 5.41) is 6.62. The van der Waals surface area contributed by atoms with E-state index in [0.717, 1.165) is 11.8 Å². The van der Waals surface area contributed by atoms with Gasteiger partial charge in [-0.1, -0.05) is 13.8 Å². The maximum absolute atomic E-state index is 13.6. The largest absolute Gasteiger partial charge is 0.399 e. The van der Waals surface area contributed by atoms with Crippen LogP contribution >= 0.6 is 0 Å². The molecule has 4 N–H and O–H groups in total. The SMILES string of the molecule is Cc1c(F)cc(N)cc1S(=O)(=O)Nc1cc(C(C)C)[nH]n1. The van der Waals surface area contributed by atoms with Gasteiger partial charge in [0.25, 0.3) is 10.0 Å². The summed E-state index contributed by atoms with van der Waals surface area (Å²) in [7, 11) is -3.95. The van der Waals surface area contributed by atoms with Crippen LogP contribution in [0.1, 0.15) is 31.0 Å². The minimum absolute atomic E-state index is 0.0105. The number of H-pyrrole nitrogens is 1. The lowest BCUT2D eigenvalue weighted by molar-refractivity contribution is 0.591. The number of aromatic amines is 1. The average molecular weight is 312 g/mol. The summed E-state index contributed by atoms with van der Waals surface area (Å²) in [6.07, 6.45) is 0. The summed E-state index contributed by atoms with van der Waals surface area (Å²) in [4.78, 5) is -0.200. The van der Waals surface area contributed by atoms with Gasteiger partial charge in [-0.3, -0.25) is 9.82 Å². The number of aromatic nitrogens is 2. The number of sulfonamides is 1. The van der Waals surface area contributed by atoms with E-state index in [1.54, 1.807) is 6.07 Å². The van der Waals surface area contributed by atoms with Crippen molar-refractivity contribution in [3.63, 3.8) is 0 Å². The highest BCUT2D eigenvalue weighted by Crippen LogP contribution is 2.24. The molecule has 2 rings (SSSR count). The maximum atomic E-state index is 13.6. The fourth-order valence-corrected chi connectivity index (χ4v) is 3.11. The Balaban J connectivity index is 2.38. The van der Waals surface area contributed by atoms with Gasteiger partial charge < -0.3 is 5.73 Å². The van der Waals surface area contributed by atoms with Gasteiger partial charge in [0.1, 0.15) is 5.82 Å². The Kier molecular flexibility index (Phi) is 3.91. The van der Waals surface area contributed by atoms with E-state index < -0.39 is 15.8 Å². The molecular formula is C13H17FN4O2S. The van der Waals surface area contributed by atoms with Crippen molar-refractivity contribution >= 4 is 21.5 Å². The van der Waals surface area contributed by atoms with Gasteiger partial charge in [-0.25, -0.2) is 12.8 Å². The molecule has 0 aliphatic rings.